The van der Waals surface area contributed by atoms with Gasteiger partial charge in [0.1, 0.15) is 5.01 Å². The van der Waals surface area contributed by atoms with Crippen molar-refractivity contribution in [1.82, 2.24) is 15.2 Å². The summed E-state index contributed by atoms with van der Waals surface area (Å²) in [4.78, 5) is 6.79. The number of hydrogen-bond donors (Lipinski definition) is 1. The molecule has 0 amide bonds. The van der Waals surface area contributed by atoms with E-state index in [1.54, 1.807) is 11.3 Å². The highest BCUT2D eigenvalue weighted by Gasteiger charge is 2.17. The molecule has 2 atom stereocenters. The summed E-state index contributed by atoms with van der Waals surface area (Å²) in [7, 11) is 2.21. The van der Waals surface area contributed by atoms with Crippen molar-refractivity contribution in [3.8, 4) is 0 Å². The minimum Gasteiger partial charge on any atom is -0.306 e. The van der Waals surface area contributed by atoms with Gasteiger partial charge in [-0.05, 0) is 46.3 Å². The summed E-state index contributed by atoms with van der Waals surface area (Å²) in [6.07, 6.45) is 5.74. The molecule has 3 nitrogen and oxygen atoms in total. The van der Waals surface area contributed by atoms with Gasteiger partial charge >= 0.3 is 0 Å². The molecule has 1 N–H and O–H groups in total. The molecule has 2 heterocycles. The molecule has 16 heavy (non-hydrogen) atoms. The van der Waals surface area contributed by atoms with Gasteiger partial charge < -0.3 is 10.2 Å². The number of hydrogen-bond acceptors (Lipinski definition) is 4. The third-order valence-corrected chi connectivity index (χ3v) is 4.22. The molecule has 1 aromatic heterocycles. The Bertz CT molecular complexity index is 299. The van der Waals surface area contributed by atoms with Gasteiger partial charge in [-0.15, -0.1) is 11.3 Å². The van der Waals surface area contributed by atoms with E-state index in [9.17, 15) is 0 Å². The molecule has 1 saturated heterocycles. The van der Waals surface area contributed by atoms with Crippen LogP contribution in [0.3, 0.4) is 0 Å². The predicted octanol–water partition coefficient (Wildman–Crippen LogP) is 2.28. The van der Waals surface area contributed by atoms with Gasteiger partial charge in [-0.1, -0.05) is 0 Å². The molecular formula is C12H21N3S. The van der Waals surface area contributed by atoms with E-state index in [1.165, 1.54) is 37.4 Å². The van der Waals surface area contributed by atoms with Crippen LogP contribution in [0.5, 0.6) is 0 Å². The molecule has 1 aliphatic heterocycles. The smallest absolute Gasteiger partial charge is 0.109 e. The second-order valence-corrected chi connectivity index (χ2v) is 5.62. The molecule has 90 valence electrons. The maximum Gasteiger partial charge on any atom is 0.109 e. The van der Waals surface area contributed by atoms with Crippen molar-refractivity contribution in [3.05, 3.63) is 16.6 Å². The van der Waals surface area contributed by atoms with Gasteiger partial charge in [-0.2, -0.15) is 0 Å². The molecule has 2 rings (SSSR count). The quantitative estimate of drug-likeness (QED) is 0.877. The van der Waals surface area contributed by atoms with Gasteiger partial charge in [0, 0.05) is 17.6 Å². The van der Waals surface area contributed by atoms with Crippen molar-refractivity contribution in [3.63, 3.8) is 0 Å². The normalized spacial score (nSPS) is 25.2. The van der Waals surface area contributed by atoms with Gasteiger partial charge in [0.15, 0.2) is 0 Å². The molecule has 4 heteroatoms. The summed E-state index contributed by atoms with van der Waals surface area (Å²) in [5.74, 6) is 0. The Labute approximate surface area is 102 Å². The van der Waals surface area contributed by atoms with Crippen LogP contribution in [0.15, 0.2) is 11.6 Å². The first-order valence-corrected chi connectivity index (χ1v) is 6.97. The van der Waals surface area contributed by atoms with Crippen molar-refractivity contribution in [2.45, 2.75) is 38.3 Å². The summed E-state index contributed by atoms with van der Waals surface area (Å²) in [5, 5.41) is 6.96. The Kier molecular flexibility index (Phi) is 4.32. The molecule has 1 aromatic rings. The molecular weight excluding hydrogens is 218 g/mol. The average Bonchev–Trinajstić information content (AvgIpc) is 2.72. The standard InChI is InChI=1S/C12H21N3S/c1-10(12-13-6-9-16-12)14-11-4-3-7-15(2)8-5-11/h6,9-11,14H,3-5,7-8H2,1-2H3. The lowest BCUT2D eigenvalue weighted by Gasteiger charge is -2.20. The van der Waals surface area contributed by atoms with Crippen LogP contribution in [-0.4, -0.2) is 36.1 Å². The van der Waals surface area contributed by atoms with Crippen molar-refractivity contribution in [2.75, 3.05) is 20.1 Å². The highest BCUT2D eigenvalue weighted by molar-refractivity contribution is 7.09. The van der Waals surface area contributed by atoms with E-state index < -0.39 is 0 Å². The van der Waals surface area contributed by atoms with Gasteiger partial charge in [0.2, 0.25) is 0 Å². The molecule has 1 aliphatic rings. The topological polar surface area (TPSA) is 28.2 Å². The van der Waals surface area contributed by atoms with Crippen LogP contribution in [0.1, 0.15) is 37.2 Å². The summed E-state index contributed by atoms with van der Waals surface area (Å²) in [6.45, 7) is 4.67. The second-order valence-electron chi connectivity index (χ2n) is 4.69. The Hall–Kier alpha value is -0.450. The minimum absolute atomic E-state index is 0.397. The fraction of sp³-hybridized carbons (Fsp3) is 0.750. The minimum atomic E-state index is 0.397. The summed E-state index contributed by atoms with van der Waals surface area (Å²) in [6, 6.07) is 1.05. The molecule has 0 bridgehead atoms. The first-order chi connectivity index (χ1) is 7.75. The Morgan fingerprint density at radius 1 is 1.50 bits per heavy atom. The number of nitrogens with one attached hydrogen (secondary N) is 1. The van der Waals surface area contributed by atoms with Crippen molar-refractivity contribution in [1.29, 1.82) is 0 Å². The molecule has 1 fully saturated rings. The zero-order chi connectivity index (χ0) is 11.4. The van der Waals surface area contributed by atoms with E-state index in [-0.39, 0.29) is 0 Å². The van der Waals surface area contributed by atoms with E-state index in [1.807, 2.05) is 11.6 Å². The second kappa shape index (κ2) is 5.75. The Balaban J connectivity index is 1.84. The SMILES string of the molecule is CC(NC1CCCN(C)CC1)c1nccs1. The highest BCUT2D eigenvalue weighted by Crippen LogP contribution is 2.18. The predicted molar refractivity (Wildman–Crippen MR) is 68.8 cm³/mol. The first-order valence-electron chi connectivity index (χ1n) is 6.09. The summed E-state index contributed by atoms with van der Waals surface area (Å²) in [5.41, 5.74) is 0. The molecule has 0 spiro atoms. The van der Waals surface area contributed by atoms with Gasteiger partial charge in [-0.3, -0.25) is 0 Å². The average molecular weight is 239 g/mol. The van der Waals surface area contributed by atoms with E-state index in [4.69, 9.17) is 0 Å². The lowest BCUT2D eigenvalue weighted by molar-refractivity contribution is 0.340. The summed E-state index contributed by atoms with van der Waals surface area (Å²) < 4.78 is 0. The van der Waals surface area contributed by atoms with Crippen LogP contribution < -0.4 is 5.32 Å². The lowest BCUT2D eigenvalue weighted by atomic mass is 10.1. The maximum absolute atomic E-state index is 4.37. The third-order valence-electron chi connectivity index (χ3n) is 3.26. The van der Waals surface area contributed by atoms with Crippen LogP contribution in [-0.2, 0) is 0 Å². The molecule has 2 unspecified atom stereocenters. The number of nitrogens with zero attached hydrogens (tertiary/aromatic N) is 2. The van der Waals surface area contributed by atoms with Crippen LogP contribution >= 0.6 is 11.3 Å². The largest absolute Gasteiger partial charge is 0.306 e. The molecule has 0 aliphatic carbocycles. The van der Waals surface area contributed by atoms with Crippen LogP contribution in [0.4, 0.5) is 0 Å². The van der Waals surface area contributed by atoms with Crippen LogP contribution in [0.2, 0.25) is 0 Å². The number of likely N-dealkylation sites (tertiary alicyclic amines) is 1. The van der Waals surface area contributed by atoms with E-state index in [2.05, 4.69) is 29.2 Å². The zero-order valence-corrected chi connectivity index (χ0v) is 11.0. The Morgan fingerprint density at radius 3 is 3.12 bits per heavy atom. The molecule has 0 saturated carbocycles. The number of rotatable bonds is 3. The lowest BCUT2D eigenvalue weighted by Crippen LogP contribution is -2.32. The summed E-state index contributed by atoms with van der Waals surface area (Å²) >= 11 is 1.74. The zero-order valence-electron chi connectivity index (χ0n) is 10.1. The van der Waals surface area contributed by atoms with Crippen LogP contribution in [0.25, 0.3) is 0 Å². The number of aromatic nitrogens is 1. The monoisotopic (exact) mass is 239 g/mol. The fourth-order valence-electron chi connectivity index (χ4n) is 2.28. The Morgan fingerprint density at radius 2 is 2.38 bits per heavy atom. The third kappa shape index (κ3) is 3.27. The number of thiazole rings is 1. The molecule has 0 radical (unpaired) electrons. The van der Waals surface area contributed by atoms with E-state index in [0.29, 0.717) is 12.1 Å². The maximum atomic E-state index is 4.37. The van der Waals surface area contributed by atoms with Gasteiger partial charge in [-0.25, -0.2) is 4.98 Å². The first kappa shape index (κ1) is 12.0. The highest BCUT2D eigenvalue weighted by atomic mass is 32.1. The van der Waals surface area contributed by atoms with E-state index >= 15 is 0 Å². The van der Waals surface area contributed by atoms with Gasteiger partial charge in [0.25, 0.3) is 0 Å². The van der Waals surface area contributed by atoms with Crippen molar-refractivity contribution < 1.29 is 0 Å². The van der Waals surface area contributed by atoms with Crippen molar-refractivity contribution in [2.24, 2.45) is 0 Å². The van der Waals surface area contributed by atoms with Crippen LogP contribution in [0, 0.1) is 0 Å². The molecule has 0 aromatic carbocycles. The van der Waals surface area contributed by atoms with Crippen molar-refractivity contribution >= 4 is 11.3 Å². The van der Waals surface area contributed by atoms with E-state index in [0.717, 1.165) is 0 Å². The van der Waals surface area contributed by atoms with Gasteiger partial charge in [0.05, 0.1) is 6.04 Å². The fourth-order valence-corrected chi connectivity index (χ4v) is 2.93.